The lowest BCUT2D eigenvalue weighted by Crippen LogP contribution is -2.30. The molecule has 102 valence electrons. The van der Waals surface area contributed by atoms with Gasteiger partial charge >= 0.3 is 0 Å². The molecular weight excluding hydrogens is 306 g/mol. The standard InChI is InChI=1S/C14H18BrN3O/c1-9(2)10(3)16-8-13-17-18-14(19-13)11-6-4-5-7-12(11)15/h4-7,9-10,16H,8H2,1-3H3. The largest absolute Gasteiger partial charge is 0.419 e. The predicted molar refractivity (Wildman–Crippen MR) is 78.6 cm³/mol. The van der Waals surface area contributed by atoms with Gasteiger partial charge in [0.2, 0.25) is 11.8 Å². The number of nitrogens with zero attached hydrogens (tertiary/aromatic N) is 2. The number of halogens is 1. The zero-order valence-corrected chi connectivity index (χ0v) is 12.9. The van der Waals surface area contributed by atoms with E-state index in [9.17, 15) is 0 Å². The third kappa shape index (κ3) is 3.64. The summed E-state index contributed by atoms with van der Waals surface area (Å²) in [4.78, 5) is 0. The van der Waals surface area contributed by atoms with Crippen LogP contribution in [0.25, 0.3) is 11.5 Å². The highest BCUT2D eigenvalue weighted by atomic mass is 79.9. The third-order valence-electron chi connectivity index (χ3n) is 3.15. The molecule has 1 N–H and O–H groups in total. The van der Waals surface area contributed by atoms with Crippen LogP contribution in [0, 0.1) is 5.92 Å². The summed E-state index contributed by atoms with van der Waals surface area (Å²) in [5.41, 5.74) is 0.915. The zero-order valence-electron chi connectivity index (χ0n) is 11.4. The fourth-order valence-corrected chi connectivity index (χ4v) is 2.01. The Morgan fingerprint density at radius 1 is 1.21 bits per heavy atom. The molecule has 0 amide bonds. The molecule has 1 heterocycles. The molecule has 19 heavy (non-hydrogen) atoms. The molecule has 1 aromatic carbocycles. The Kier molecular flexibility index (Phi) is 4.71. The van der Waals surface area contributed by atoms with Gasteiger partial charge in [0.15, 0.2) is 0 Å². The monoisotopic (exact) mass is 323 g/mol. The maximum atomic E-state index is 5.67. The first-order valence-electron chi connectivity index (χ1n) is 6.38. The van der Waals surface area contributed by atoms with Gasteiger partial charge in [-0.25, -0.2) is 0 Å². The smallest absolute Gasteiger partial charge is 0.248 e. The van der Waals surface area contributed by atoms with Crippen LogP contribution in [0.2, 0.25) is 0 Å². The second-order valence-corrected chi connectivity index (χ2v) is 5.75. The van der Waals surface area contributed by atoms with Crippen LogP contribution in [0.15, 0.2) is 33.2 Å². The Hall–Kier alpha value is -1.20. The molecule has 5 heteroatoms. The van der Waals surface area contributed by atoms with E-state index in [0.29, 0.717) is 30.3 Å². The Labute approximate surface area is 121 Å². The van der Waals surface area contributed by atoms with Crippen molar-refractivity contribution < 1.29 is 4.42 Å². The molecule has 2 aromatic rings. The van der Waals surface area contributed by atoms with Gasteiger partial charge in [-0.2, -0.15) is 0 Å². The van der Waals surface area contributed by atoms with Gasteiger partial charge in [0.1, 0.15) is 0 Å². The fraction of sp³-hybridized carbons (Fsp3) is 0.429. The van der Waals surface area contributed by atoms with Crippen molar-refractivity contribution in [1.82, 2.24) is 15.5 Å². The molecule has 0 saturated carbocycles. The van der Waals surface area contributed by atoms with E-state index in [1.165, 1.54) is 0 Å². The molecule has 0 spiro atoms. The molecular formula is C14H18BrN3O. The lowest BCUT2D eigenvalue weighted by atomic mass is 10.1. The zero-order chi connectivity index (χ0) is 13.8. The molecule has 0 radical (unpaired) electrons. The topological polar surface area (TPSA) is 51.0 Å². The van der Waals surface area contributed by atoms with Crippen molar-refractivity contribution in [1.29, 1.82) is 0 Å². The molecule has 1 unspecified atom stereocenters. The van der Waals surface area contributed by atoms with E-state index in [-0.39, 0.29) is 0 Å². The van der Waals surface area contributed by atoms with Crippen LogP contribution < -0.4 is 5.32 Å². The van der Waals surface area contributed by atoms with Crippen molar-refractivity contribution in [3.8, 4) is 11.5 Å². The van der Waals surface area contributed by atoms with E-state index in [1.807, 2.05) is 24.3 Å². The van der Waals surface area contributed by atoms with Crippen molar-refractivity contribution in [3.05, 3.63) is 34.6 Å². The van der Waals surface area contributed by atoms with Crippen LogP contribution >= 0.6 is 15.9 Å². The Balaban J connectivity index is 2.06. The summed E-state index contributed by atoms with van der Waals surface area (Å²) in [7, 11) is 0. The molecule has 4 nitrogen and oxygen atoms in total. The summed E-state index contributed by atoms with van der Waals surface area (Å²) in [6.07, 6.45) is 0. The minimum absolute atomic E-state index is 0.416. The highest BCUT2D eigenvalue weighted by Crippen LogP contribution is 2.26. The molecule has 0 fully saturated rings. The lowest BCUT2D eigenvalue weighted by Gasteiger charge is -2.15. The predicted octanol–water partition coefficient (Wildman–Crippen LogP) is 3.63. The Morgan fingerprint density at radius 3 is 2.63 bits per heavy atom. The van der Waals surface area contributed by atoms with Crippen LogP contribution in [0.4, 0.5) is 0 Å². The summed E-state index contributed by atoms with van der Waals surface area (Å²) in [5, 5.41) is 11.5. The quantitative estimate of drug-likeness (QED) is 0.912. The van der Waals surface area contributed by atoms with Crippen molar-refractivity contribution in [2.45, 2.75) is 33.4 Å². The molecule has 1 atom stereocenters. The van der Waals surface area contributed by atoms with Gasteiger partial charge in [0, 0.05) is 10.5 Å². The van der Waals surface area contributed by atoms with Crippen molar-refractivity contribution >= 4 is 15.9 Å². The van der Waals surface area contributed by atoms with Crippen molar-refractivity contribution in [3.63, 3.8) is 0 Å². The van der Waals surface area contributed by atoms with Gasteiger partial charge in [-0.1, -0.05) is 26.0 Å². The van der Waals surface area contributed by atoms with E-state index in [0.717, 1.165) is 10.0 Å². The average Bonchev–Trinajstić information content (AvgIpc) is 2.85. The average molecular weight is 324 g/mol. The first kappa shape index (κ1) is 14.2. The number of hydrogen-bond acceptors (Lipinski definition) is 4. The van der Waals surface area contributed by atoms with Gasteiger partial charge in [-0.05, 0) is 40.9 Å². The van der Waals surface area contributed by atoms with E-state index < -0.39 is 0 Å². The van der Waals surface area contributed by atoms with Gasteiger partial charge < -0.3 is 9.73 Å². The maximum absolute atomic E-state index is 5.67. The number of aromatic nitrogens is 2. The molecule has 0 aliphatic rings. The fourth-order valence-electron chi connectivity index (χ4n) is 1.55. The molecule has 0 bridgehead atoms. The van der Waals surface area contributed by atoms with E-state index in [4.69, 9.17) is 4.42 Å². The highest BCUT2D eigenvalue weighted by Gasteiger charge is 2.12. The molecule has 0 saturated heterocycles. The van der Waals surface area contributed by atoms with Gasteiger partial charge in [-0.3, -0.25) is 0 Å². The van der Waals surface area contributed by atoms with Gasteiger partial charge in [0.05, 0.1) is 12.1 Å². The van der Waals surface area contributed by atoms with E-state index in [1.54, 1.807) is 0 Å². The van der Waals surface area contributed by atoms with E-state index in [2.05, 4.69) is 52.2 Å². The molecule has 0 aliphatic carbocycles. The molecule has 0 aliphatic heterocycles. The summed E-state index contributed by atoms with van der Waals surface area (Å²) < 4.78 is 6.62. The van der Waals surface area contributed by atoms with Gasteiger partial charge in [0.25, 0.3) is 0 Å². The third-order valence-corrected chi connectivity index (χ3v) is 3.84. The maximum Gasteiger partial charge on any atom is 0.248 e. The van der Waals surface area contributed by atoms with Crippen LogP contribution in [-0.4, -0.2) is 16.2 Å². The van der Waals surface area contributed by atoms with Gasteiger partial charge in [-0.15, -0.1) is 10.2 Å². The number of hydrogen-bond donors (Lipinski definition) is 1. The number of rotatable bonds is 5. The molecule has 2 rings (SSSR count). The lowest BCUT2D eigenvalue weighted by molar-refractivity contribution is 0.392. The van der Waals surface area contributed by atoms with Crippen LogP contribution in [0.3, 0.4) is 0 Å². The minimum atomic E-state index is 0.416. The summed E-state index contributed by atoms with van der Waals surface area (Å²) in [5.74, 6) is 1.73. The van der Waals surface area contributed by atoms with E-state index >= 15 is 0 Å². The van der Waals surface area contributed by atoms with Crippen molar-refractivity contribution in [2.24, 2.45) is 5.92 Å². The number of nitrogens with one attached hydrogen (secondary N) is 1. The minimum Gasteiger partial charge on any atom is -0.419 e. The Bertz CT molecular complexity index is 539. The second kappa shape index (κ2) is 6.30. The summed E-state index contributed by atoms with van der Waals surface area (Å²) in [6, 6.07) is 8.22. The number of benzene rings is 1. The summed E-state index contributed by atoms with van der Waals surface area (Å²) in [6.45, 7) is 7.10. The normalized spacial score (nSPS) is 12.9. The first-order valence-corrected chi connectivity index (χ1v) is 7.18. The molecule has 1 aromatic heterocycles. The van der Waals surface area contributed by atoms with Crippen molar-refractivity contribution in [2.75, 3.05) is 0 Å². The Morgan fingerprint density at radius 2 is 1.95 bits per heavy atom. The highest BCUT2D eigenvalue weighted by molar-refractivity contribution is 9.10. The first-order chi connectivity index (χ1) is 9.08. The van der Waals surface area contributed by atoms with Crippen LogP contribution in [0.1, 0.15) is 26.7 Å². The summed E-state index contributed by atoms with van der Waals surface area (Å²) >= 11 is 3.48. The van der Waals surface area contributed by atoms with Crippen LogP contribution in [0.5, 0.6) is 0 Å². The second-order valence-electron chi connectivity index (χ2n) is 4.89. The van der Waals surface area contributed by atoms with Crippen LogP contribution in [-0.2, 0) is 6.54 Å². The SMILES string of the molecule is CC(C)C(C)NCc1nnc(-c2ccccc2Br)o1.